The van der Waals surface area contributed by atoms with E-state index in [0.717, 1.165) is 37.5 Å². The van der Waals surface area contributed by atoms with E-state index in [2.05, 4.69) is 11.9 Å². The van der Waals surface area contributed by atoms with Crippen LogP contribution in [0.3, 0.4) is 0 Å². The molecule has 0 radical (unpaired) electrons. The van der Waals surface area contributed by atoms with Gasteiger partial charge in [-0.25, -0.2) is 0 Å². The Morgan fingerprint density at radius 1 is 1.44 bits per heavy atom. The highest BCUT2D eigenvalue weighted by molar-refractivity contribution is 5.12. The number of aliphatic hydroxyl groups is 1. The Hall–Kier alpha value is -0.800. The fraction of sp³-hybridized carbons (Fsp3) is 0.692. The molecule has 1 aromatic heterocycles. The number of piperidine rings is 1. The molecule has 0 spiro atoms. The Balaban J connectivity index is 2.05. The molecule has 0 aromatic carbocycles. The number of nitrogens with zero attached hydrogens (tertiary/aromatic N) is 1. The molecule has 1 unspecified atom stereocenters. The van der Waals surface area contributed by atoms with Crippen LogP contribution in [0.15, 0.2) is 16.5 Å². The highest BCUT2D eigenvalue weighted by Crippen LogP contribution is 2.32. The second kappa shape index (κ2) is 5.02. The molecule has 1 aliphatic rings. The number of aryl methyl sites for hydroxylation is 1. The molecule has 3 nitrogen and oxygen atoms in total. The van der Waals surface area contributed by atoms with Gasteiger partial charge in [0.2, 0.25) is 0 Å². The van der Waals surface area contributed by atoms with E-state index in [4.69, 9.17) is 4.42 Å². The van der Waals surface area contributed by atoms with Gasteiger partial charge in [0, 0.05) is 5.92 Å². The van der Waals surface area contributed by atoms with Crippen molar-refractivity contribution in [2.75, 3.05) is 26.7 Å². The summed E-state index contributed by atoms with van der Waals surface area (Å²) in [5, 5.41) is 9.53. The van der Waals surface area contributed by atoms with E-state index in [1.807, 2.05) is 19.1 Å². The fourth-order valence-electron chi connectivity index (χ4n) is 2.55. The van der Waals surface area contributed by atoms with Crippen molar-refractivity contribution >= 4 is 0 Å². The van der Waals surface area contributed by atoms with Gasteiger partial charge in [0.25, 0.3) is 0 Å². The van der Waals surface area contributed by atoms with Crippen molar-refractivity contribution < 1.29 is 9.52 Å². The van der Waals surface area contributed by atoms with Gasteiger partial charge in [0.15, 0.2) is 0 Å². The van der Waals surface area contributed by atoms with Gasteiger partial charge >= 0.3 is 0 Å². The third kappa shape index (κ3) is 2.47. The zero-order valence-electron chi connectivity index (χ0n) is 10.1. The summed E-state index contributed by atoms with van der Waals surface area (Å²) in [6, 6.07) is 3.99. The van der Waals surface area contributed by atoms with E-state index >= 15 is 0 Å². The summed E-state index contributed by atoms with van der Waals surface area (Å²) in [7, 11) is 2.15. The molecule has 16 heavy (non-hydrogen) atoms. The van der Waals surface area contributed by atoms with Crippen molar-refractivity contribution in [3.8, 4) is 0 Å². The van der Waals surface area contributed by atoms with Crippen molar-refractivity contribution in [1.29, 1.82) is 0 Å². The Labute approximate surface area is 97.1 Å². The Kier molecular flexibility index (Phi) is 3.66. The maximum absolute atomic E-state index is 9.53. The summed E-state index contributed by atoms with van der Waals surface area (Å²) in [6.45, 7) is 4.40. The monoisotopic (exact) mass is 223 g/mol. The van der Waals surface area contributed by atoms with Gasteiger partial charge in [0.05, 0.1) is 6.61 Å². The van der Waals surface area contributed by atoms with Crippen LogP contribution in [0, 0.1) is 12.8 Å². The molecule has 2 rings (SSSR count). The zero-order chi connectivity index (χ0) is 11.5. The quantitative estimate of drug-likeness (QED) is 0.851. The summed E-state index contributed by atoms with van der Waals surface area (Å²) in [6.07, 6.45) is 2.31. The highest BCUT2D eigenvalue weighted by Gasteiger charge is 2.27. The van der Waals surface area contributed by atoms with E-state index in [0.29, 0.717) is 5.92 Å². The van der Waals surface area contributed by atoms with Crippen molar-refractivity contribution in [3.63, 3.8) is 0 Å². The zero-order valence-corrected chi connectivity index (χ0v) is 10.1. The average Bonchev–Trinajstić information content (AvgIpc) is 2.69. The van der Waals surface area contributed by atoms with Crippen LogP contribution in [0.2, 0.25) is 0 Å². The minimum Gasteiger partial charge on any atom is -0.466 e. The second-order valence-corrected chi connectivity index (χ2v) is 4.88. The minimum absolute atomic E-state index is 0.183. The molecule has 2 heterocycles. The van der Waals surface area contributed by atoms with Gasteiger partial charge in [-0.1, -0.05) is 0 Å². The van der Waals surface area contributed by atoms with Crippen LogP contribution in [0.4, 0.5) is 0 Å². The van der Waals surface area contributed by atoms with Gasteiger partial charge in [0.1, 0.15) is 11.5 Å². The predicted octanol–water partition coefficient (Wildman–Crippen LogP) is 2.01. The lowest BCUT2D eigenvalue weighted by Crippen LogP contribution is -2.33. The molecule has 1 saturated heterocycles. The SMILES string of the molecule is Cc1ccc(C(CO)C2CCN(C)CC2)o1. The molecule has 1 atom stereocenters. The van der Waals surface area contributed by atoms with Crippen molar-refractivity contribution in [2.24, 2.45) is 5.92 Å². The summed E-state index contributed by atoms with van der Waals surface area (Å²) in [5.74, 6) is 2.63. The lowest BCUT2D eigenvalue weighted by atomic mass is 9.83. The molecule has 1 N–H and O–H groups in total. The Bertz CT molecular complexity index is 326. The van der Waals surface area contributed by atoms with Crippen LogP contribution in [-0.2, 0) is 0 Å². The third-order valence-electron chi connectivity index (χ3n) is 3.66. The van der Waals surface area contributed by atoms with E-state index in [-0.39, 0.29) is 12.5 Å². The molecule has 0 aliphatic carbocycles. The molecule has 1 fully saturated rings. The molecule has 1 aliphatic heterocycles. The summed E-state index contributed by atoms with van der Waals surface area (Å²) < 4.78 is 5.64. The van der Waals surface area contributed by atoms with Gasteiger partial charge < -0.3 is 14.4 Å². The maximum Gasteiger partial charge on any atom is 0.109 e. The van der Waals surface area contributed by atoms with Crippen LogP contribution >= 0.6 is 0 Å². The van der Waals surface area contributed by atoms with Gasteiger partial charge in [-0.15, -0.1) is 0 Å². The van der Waals surface area contributed by atoms with E-state index < -0.39 is 0 Å². The van der Waals surface area contributed by atoms with Crippen LogP contribution < -0.4 is 0 Å². The number of furan rings is 1. The molecular weight excluding hydrogens is 202 g/mol. The fourth-order valence-corrected chi connectivity index (χ4v) is 2.55. The van der Waals surface area contributed by atoms with Crippen molar-refractivity contribution in [1.82, 2.24) is 4.90 Å². The van der Waals surface area contributed by atoms with E-state index in [1.54, 1.807) is 0 Å². The van der Waals surface area contributed by atoms with Crippen molar-refractivity contribution in [3.05, 3.63) is 23.7 Å². The topological polar surface area (TPSA) is 36.6 Å². The summed E-state index contributed by atoms with van der Waals surface area (Å²) >= 11 is 0. The molecule has 0 bridgehead atoms. The predicted molar refractivity (Wildman–Crippen MR) is 63.5 cm³/mol. The normalized spacial score (nSPS) is 21.2. The van der Waals surface area contributed by atoms with E-state index in [9.17, 15) is 5.11 Å². The molecule has 90 valence electrons. The first-order valence-electron chi connectivity index (χ1n) is 6.06. The van der Waals surface area contributed by atoms with Crippen molar-refractivity contribution in [2.45, 2.75) is 25.7 Å². The maximum atomic E-state index is 9.53. The molecular formula is C13H21NO2. The number of likely N-dealkylation sites (tertiary alicyclic amines) is 1. The lowest BCUT2D eigenvalue weighted by molar-refractivity contribution is 0.144. The average molecular weight is 223 g/mol. The largest absolute Gasteiger partial charge is 0.466 e. The summed E-state index contributed by atoms with van der Waals surface area (Å²) in [4.78, 5) is 2.35. The smallest absolute Gasteiger partial charge is 0.109 e. The van der Waals surface area contributed by atoms with Crippen LogP contribution in [-0.4, -0.2) is 36.8 Å². The first-order valence-corrected chi connectivity index (χ1v) is 6.06. The number of rotatable bonds is 3. The lowest BCUT2D eigenvalue weighted by Gasteiger charge is -2.32. The minimum atomic E-state index is 0.183. The van der Waals surface area contributed by atoms with Crippen LogP contribution in [0.1, 0.15) is 30.3 Å². The van der Waals surface area contributed by atoms with Crippen LogP contribution in [0.25, 0.3) is 0 Å². The van der Waals surface area contributed by atoms with E-state index in [1.165, 1.54) is 0 Å². The molecule has 1 aromatic rings. The summed E-state index contributed by atoms with van der Waals surface area (Å²) in [5.41, 5.74) is 0. The van der Waals surface area contributed by atoms with Gasteiger partial charge in [-0.2, -0.15) is 0 Å². The standard InChI is InChI=1S/C13H21NO2/c1-10-3-4-13(16-10)12(9-15)11-5-7-14(2)8-6-11/h3-4,11-12,15H,5-9H2,1-2H3. The molecule has 0 saturated carbocycles. The number of hydrogen-bond acceptors (Lipinski definition) is 3. The molecule has 3 heteroatoms. The molecule has 0 amide bonds. The Morgan fingerprint density at radius 2 is 2.12 bits per heavy atom. The highest BCUT2D eigenvalue weighted by atomic mass is 16.3. The first kappa shape index (κ1) is 11.7. The Morgan fingerprint density at radius 3 is 2.62 bits per heavy atom. The van der Waals surface area contributed by atoms with Gasteiger partial charge in [-0.3, -0.25) is 0 Å². The third-order valence-corrected chi connectivity index (χ3v) is 3.66. The first-order chi connectivity index (χ1) is 7.70. The van der Waals surface area contributed by atoms with Crippen LogP contribution in [0.5, 0.6) is 0 Å². The number of aliphatic hydroxyl groups excluding tert-OH is 1. The second-order valence-electron chi connectivity index (χ2n) is 4.88. The number of hydrogen-bond donors (Lipinski definition) is 1. The van der Waals surface area contributed by atoms with Gasteiger partial charge in [-0.05, 0) is 58.0 Å².